The maximum absolute atomic E-state index is 13.6. The lowest BCUT2D eigenvalue weighted by Gasteiger charge is -2.39. The molecule has 2 aromatic carbocycles. The lowest BCUT2D eigenvalue weighted by Crippen LogP contribution is -2.49. The van der Waals surface area contributed by atoms with Crippen LogP contribution in [0.5, 0.6) is 5.75 Å². The van der Waals surface area contributed by atoms with Gasteiger partial charge >= 0.3 is 0 Å². The summed E-state index contributed by atoms with van der Waals surface area (Å²) in [6.45, 7) is 7.42. The van der Waals surface area contributed by atoms with Crippen LogP contribution >= 0.6 is 0 Å². The highest BCUT2D eigenvalue weighted by Gasteiger charge is 2.35. The van der Waals surface area contributed by atoms with Gasteiger partial charge in [0.15, 0.2) is 5.82 Å². The summed E-state index contributed by atoms with van der Waals surface area (Å²) in [7, 11) is 1.68. The summed E-state index contributed by atoms with van der Waals surface area (Å²) in [4.78, 5) is 21.6. The Kier molecular flexibility index (Phi) is 6.61. The molecule has 1 saturated heterocycles. The minimum absolute atomic E-state index is 0.0777. The van der Waals surface area contributed by atoms with Gasteiger partial charge in [-0.25, -0.2) is 4.68 Å². The van der Waals surface area contributed by atoms with Gasteiger partial charge in [0.25, 0.3) is 5.56 Å². The second-order valence-corrected chi connectivity index (χ2v) is 10.6. The van der Waals surface area contributed by atoms with Crippen LogP contribution in [0.25, 0.3) is 10.9 Å². The maximum Gasteiger partial charge on any atom is 0.253 e. The normalized spacial score (nSPS) is 17.8. The Balaban J connectivity index is 1.38. The number of aryl methyl sites for hydroxylation is 2. The Morgan fingerprint density at radius 3 is 2.45 bits per heavy atom. The smallest absolute Gasteiger partial charge is 0.253 e. The number of hydrogen-bond donors (Lipinski definition) is 1. The quantitative estimate of drug-likeness (QED) is 0.414. The molecule has 0 radical (unpaired) electrons. The number of aromatic amines is 1. The van der Waals surface area contributed by atoms with Crippen molar-refractivity contribution in [1.82, 2.24) is 30.1 Å². The van der Waals surface area contributed by atoms with Crippen molar-refractivity contribution in [2.75, 3.05) is 38.2 Å². The summed E-state index contributed by atoms with van der Waals surface area (Å²) in [5, 5.41) is 14.2. The molecule has 6 rings (SSSR count). The van der Waals surface area contributed by atoms with E-state index in [0.717, 1.165) is 72.6 Å². The highest BCUT2D eigenvalue weighted by molar-refractivity contribution is 5.83. The predicted octanol–water partition coefficient (Wildman–Crippen LogP) is 4.17. The second-order valence-electron chi connectivity index (χ2n) is 10.6. The van der Waals surface area contributed by atoms with Crippen molar-refractivity contribution >= 4 is 16.6 Å². The van der Waals surface area contributed by atoms with E-state index in [1.54, 1.807) is 7.11 Å². The van der Waals surface area contributed by atoms with Crippen LogP contribution in [-0.4, -0.2) is 63.4 Å². The van der Waals surface area contributed by atoms with Crippen molar-refractivity contribution in [3.63, 3.8) is 0 Å². The van der Waals surface area contributed by atoms with Crippen LogP contribution in [-0.2, 0) is 0 Å². The molecule has 1 N–H and O–H groups in total. The molecule has 1 unspecified atom stereocenters. The molecule has 4 aromatic rings. The monoisotopic (exact) mass is 513 g/mol. The molecule has 0 bridgehead atoms. The molecule has 1 aliphatic carbocycles. The first-order valence-corrected chi connectivity index (χ1v) is 13.6. The third-order valence-electron chi connectivity index (χ3n) is 8.19. The van der Waals surface area contributed by atoms with Gasteiger partial charge in [0.1, 0.15) is 11.8 Å². The van der Waals surface area contributed by atoms with Crippen LogP contribution in [0.1, 0.15) is 60.3 Å². The standard InChI is InChI=1S/C29H35N7O2/c1-19-16-20(2)24-18-25(29(37)30-26(24)17-19)27(28-31-32-33-36(28)22-6-4-5-7-22)35-14-12-34(13-15-35)21-8-10-23(38-3)11-9-21/h8-11,16-18,22,27H,4-7,12-15H2,1-3H3,(H,30,37). The topological polar surface area (TPSA) is 92.2 Å². The van der Waals surface area contributed by atoms with Crippen LogP contribution in [0, 0.1) is 13.8 Å². The first-order chi connectivity index (χ1) is 18.5. The van der Waals surface area contributed by atoms with Crippen LogP contribution < -0.4 is 15.2 Å². The van der Waals surface area contributed by atoms with Gasteiger partial charge in [-0.05, 0) is 84.6 Å². The van der Waals surface area contributed by atoms with Gasteiger partial charge in [-0.2, -0.15) is 0 Å². The number of tetrazole rings is 1. The van der Waals surface area contributed by atoms with E-state index in [1.165, 1.54) is 18.5 Å². The summed E-state index contributed by atoms with van der Waals surface area (Å²) in [6.07, 6.45) is 4.51. The fourth-order valence-electron chi connectivity index (χ4n) is 6.21. The highest BCUT2D eigenvalue weighted by Crippen LogP contribution is 2.35. The van der Waals surface area contributed by atoms with E-state index in [-0.39, 0.29) is 17.6 Å². The summed E-state index contributed by atoms with van der Waals surface area (Å²) in [5.41, 5.74) is 4.95. The van der Waals surface area contributed by atoms with Crippen LogP contribution in [0.2, 0.25) is 0 Å². The number of benzene rings is 2. The molecule has 3 heterocycles. The molecule has 0 spiro atoms. The minimum atomic E-state index is -0.322. The molecule has 9 heteroatoms. The zero-order valence-electron chi connectivity index (χ0n) is 22.4. The van der Waals surface area contributed by atoms with Gasteiger partial charge in [-0.1, -0.05) is 18.9 Å². The van der Waals surface area contributed by atoms with E-state index in [0.29, 0.717) is 5.56 Å². The van der Waals surface area contributed by atoms with E-state index in [2.05, 4.69) is 68.4 Å². The van der Waals surface area contributed by atoms with Gasteiger partial charge < -0.3 is 14.6 Å². The maximum atomic E-state index is 13.6. The zero-order chi connectivity index (χ0) is 26.2. The van der Waals surface area contributed by atoms with E-state index in [1.807, 2.05) is 22.9 Å². The lowest BCUT2D eigenvalue weighted by molar-refractivity contribution is 0.197. The Hall–Kier alpha value is -3.72. The number of methoxy groups -OCH3 is 1. The van der Waals surface area contributed by atoms with Gasteiger partial charge in [-0.3, -0.25) is 9.69 Å². The van der Waals surface area contributed by atoms with Crippen molar-refractivity contribution in [1.29, 1.82) is 0 Å². The van der Waals surface area contributed by atoms with Crippen molar-refractivity contribution in [2.45, 2.75) is 51.6 Å². The van der Waals surface area contributed by atoms with E-state index < -0.39 is 0 Å². The summed E-state index contributed by atoms with van der Waals surface area (Å²) < 4.78 is 7.32. The van der Waals surface area contributed by atoms with Crippen molar-refractivity contribution < 1.29 is 4.74 Å². The lowest BCUT2D eigenvalue weighted by atomic mass is 9.99. The first kappa shape index (κ1) is 24.6. The molecule has 2 fully saturated rings. The molecule has 0 amide bonds. The number of hydrogen-bond acceptors (Lipinski definition) is 7. The number of rotatable bonds is 6. The van der Waals surface area contributed by atoms with E-state index in [9.17, 15) is 4.79 Å². The van der Waals surface area contributed by atoms with Crippen LogP contribution in [0.3, 0.4) is 0 Å². The average Bonchev–Trinajstić information content (AvgIpc) is 3.62. The molecular weight excluding hydrogens is 478 g/mol. The number of H-pyrrole nitrogens is 1. The number of nitrogens with zero attached hydrogens (tertiary/aromatic N) is 6. The summed E-state index contributed by atoms with van der Waals surface area (Å²) in [6, 6.07) is 14.4. The van der Waals surface area contributed by atoms with Gasteiger partial charge in [-0.15, -0.1) is 5.10 Å². The molecular formula is C29H35N7O2. The molecule has 1 saturated carbocycles. The Bertz CT molecular complexity index is 1480. The van der Waals surface area contributed by atoms with E-state index >= 15 is 0 Å². The zero-order valence-corrected chi connectivity index (χ0v) is 22.4. The van der Waals surface area contributed by atoms with Crippen molar-refractivity contribution in [2.24, 2.45) is 0 Å². The minimum Gasteiger partial charge on any atom is -0.497 e. The molecule has 1 atom stereocenters. The second kappa shape index (κ2) is 10.2. The SMILES string of the molecule is COc1ccc(N2CCN(C(c3cc4c(C)cc(C)cc4[nH]c3=O)c3nnnn3C3CCCC3)CC2)cc1. The molecule has 2 aliphatic rings. The largest absolute Gasteiger partial charge is 0.497 e. The van der Waals surface area contributed by atoms with Crippen LogP contribution in [0.4, 0.5) is 5.69 Å². The van der Waals surface area contributed by atoms with Gasteiger partial charge in [0, 0.05) is 48.3 Å². The number of pyridine rings is 1. The number of anilines is 1. The van der Waals surface area contributed by atoms with Crippen molar-refractivity contribution in [3.8, 4) is 5.75 Å². The Morgan fingerprint density at radius 2 is 1.74 bits per heavy atom. The molecule has 38 heavy (non-hydrogen) atoms. The Labute approximate surface area is 222 Å². The molecule has 2 aromatic heterocycles. The highest BCUT2D eigenvalue weighted by atomic mass is 16.5. The van der Waals surface area contributed by atoms with Gasteiger partial charge in [0.05, 0.1) is 13.2 Å². The van der Waals surface area contributed by atoms with Crippen LogP contribution in [0.15, 0.2) is 47.3 Å². The van der Waals surface area contributed by atoms with E-state index in [4.69, 9.17) is 4.74 Å². The first-order valence-electron chi connectivity index (χ1n) is 13.6. The molecule has 198 valence electrons. The Morgan fingerprint density at radius 1 is 1.00 bits per heavy atom. The number of nitrogens with one attached hydrogen (secondary N) is 1. The number of fused-ring (bicyclic) bond motifs is 1. The third-order valence-corrected chi connectivity index (χ3v) is 8.19. The van der Waals surface area contributed by atoms with Crippen molar-refractivity contribution in [3.05, 3.63) is 75.3 Å². The molecule has 9 nitrogen and oxygen atoms in total. The number of ether oxygens (including phenoxy) is 1. The number of aromatic nitrogens is 5. The average molecular weight is 514 g/mol. The number of piperazine rings is 1. The third kappa shape index (κ3) is 4.55. The predicted molar refractivity (Wildman–Crippen MR) is 148 cm³/mol. The fraction of sp³-hybridized carbons (Fsp3) is 0.448. The summed E-state index contributed by atoms with van der Waals surface area (Å²) >= 11 is 0. The summed E-state index contributed by atoms with van der Waals surface area (Å²) in [5.74, 6) is 1.62. The molecule has 1 aliphatic heterocycles. The fourth-order valence-corrected chi connectivity index (χ4v) is 6.21. The van der Waals surface area contributed by atoms with Gasteiger partial charge in [0.2, 0.25) is 0 Å².